The Balaban J connectivity index is 1.65. The maximum Gasteiger partial charge on any atom is 0.252 e. The Kier molecular flexibility index (Phi) is 6.99. The van der Waals surface area contributed by atoms with E-state index >= 15 is 0 Å². The van der Waals surface area contributed by atoms with Crippen molar-refractivity contribution < 1.29 is 17.9 Å². The molecule has 0 atom stereocenters. The fraction of sp³-hybridized carbons (Fsp3) is 0.364. The second-order valence-corrected chi connectivity index (χ2v) is 10.7. The van der Waals surface area contributed by atoms with E-state index in [1.807, 2.05) is 37.2 Å². The third-order valence-electron chi connectivity index (χ3n) is 5.41. The van der Waals surface area contributed by atoms with Crippen molar-refractivity contribution in [2.75, 3.05) is 38.7 Å². The molecule has 0 saturated carbocycles. The van der Waals surface area contributed by atoms with Gasteiger partial charge in [0.25, 0.3) is 5.16 Å². The largest absolute Gasteiger partial charge is 0.372 e. The van der Waals surface area contributed by atoms with Crippen molar-refractivity contribution >= 4 is 44.1 Å². The average molecular weight is 505 g/mol. The molecule has 2 aromatic carbocycles. The lowest BCUT2D eigenvalue weighted by molar-refractivity contribution is -0.121. The number of halogens is 1. The molecule has 0 saturated heterocycles. The first kappa shape index (κ1) is 24.3. The van der Waals surface area contributed by atoms with Crippen molar-refractivity contribution in [2.45, 2.75) is 24.8 Å². The van der Waals surface area contributed by atoms with Crippen molar-refractivity contribution in [3.05, 3.63) is 40.4 Å². The van der Waals surface area contributed by atoms with Crippen molar-refractivity contribution in [1.82, 2.24) is 25.2 Å². The maximum atomic E-state index is 12.9. The Morgan fingerprint density at radius 3 is 2.74 bits per heavy atom. The summed E-state index contributed by atoms with van der Waals surface area (Å²) in [6, 6.07) is 7.50. The molecule has 180 valence electrons. The molecule has 0 radical (unpaired) electrons. The highest BCUT2D eigenvalue weighted by Gasteiger charge is 2.24. The lowest BCUT2D eigenvalue weighted by Gasteiger charge is -2.20. The number of sulfone groups is 1. The molecule has 3 aromatic rings. The summed E-state index contributed by atoms with van der Waals surface area (Å²) in [7, 11) is -0.244. The molecule has 0 spiro atoms. The minimum Gasteiger partial charge on any atom is -0.372 e. The van der Waals surface area contributed by atoms with E-state index in [0.717, 1.165) is 21.9 Å². The van der Waals surface area contributed by atoms with Crippen LogP contribution in [0.3, 0.4) is 0 Å². The second-order valence-electron chi connectivity index (χ2n) is 8.25. The van der Waals surface area contributed by atoms with Gasteiger partial charge in [-0.2, -0.15) is 15.0 Å². The van der Waals surface area contributed by atoms with Crippen LogP contribution < -0.4 is 11.1 Å². The molecule has 3 N–H and O–H groups in total. The minimum absolute atomic E-state index is 0.0706. The summed E-state index contributed by atoms with van der Waals surface area (Å²) >= 11 is 6.59. The van der Waals surface area contributed by atoms with Gasteiger partial charge in [-0.3, -0.25) is 4.79 Å². The number of amides is 1. The third kappa shape index (κ3) is 5.12. The number of aromatic nitrogens is 3. The number of carbonyl (C=O) groups excluding carboxylic acids is 1. The predicted molar refractivity (Wildman–Crippen MR) is 129 cm³/mol. The van der Waals surface area contributed by atoms with Crippen molar-refractivity contribution in [2.24, 2.45) is 0 Å². The fourth-order valence-electron chi connectivity index (χ4n) is 3.80. The first-order chi connectivity index (χ1) is 16.2. The normalized spacial score (nSPS) is 13.4. The molecule has 1 aliphatic heterocycles. The Bertz CT molecular complexity index is 1360. The van der Waals surface area contributed by atoms with Crippen LogP contribution >= 0.6 is 11.6 Å². The van der Waals surface area contributed by atoms with E-state index in [-0.39, 0.29) is 36.4 Å². The Labute approximate surface area is 202 Å². The quantitative estimate of drug-likeness (QED) is 0.469. The van der Waals surface area contributed by atoms with Crippen LogP contribution in [0.1, 0.15) is 17.5 Å². The number of benzene rings is 2. The van der Waals surface area contributed by atoms with Crippen LogP contribution in [0, 0.1) is 0 Å². The average Bonchev–Trinajstić information content (AvgIpc) is 2.77. The molecule has 1 aliphatic rings. The second kappa shape index (κ2) is 9.79. The molecule has 1 aromatic heterocycles. The highest BCUT2D eigenvalue weighted by Crippen LogP contribution is 2.39. The highest BCUT2D eigenvalue weighted by molar-refractivity contribution is 7.91. The van der Waals surface area contributed by atoms with Crippen molar-refractivity contribution in [3.8, 4) is 11.4 Å². The van der Waals surface area contributed by atoms with Gasteiger partial charge in [-0.1, -0.05) is 29.8 Å². The zero-order valence-corrected chi connectivity index (χ0v) is 20.4. The Hall–Kier alpha value is -2.86. The maximum absolute atomic E-state index is 12.9. The Morgan fingerprint density at radius 2 is 1.97 bits per heavy atom. The van der Waals surface area contributed by atoms with Gasteiger partial charge < -0.3 is 20.7 Å². The van der Waals surface area contributed by atoms with Crippen LogP contribution in [0.15, 0.2) is 29.4 Å². The number of anilines is 1. The zero-order valence-electron chi connectivity index (χ0n) is 18.8. The van der Waals surface area contributed by atoms with Gasteiger partial charge in [0.1, 0.15) is 0 Å². The van der Waals surface area contributed by atoms with E-state index in [1.165, 1.54) is 0 Å². The van der Waals surface area contributed by atoms with Gasteiger partial charge in [0.05, 0.1) is 24.0 Å². The first-order valence-corrected chi connectivity index (χ1v) is 12.7. The van der Waals surface area contributed by atoms with Gasteiger partial charge in [0, 0.05) is 25.1 Å². The monoisotopic (exact) mass is 504 g/mol. The zero-order chi connectivity index (χ0) is 24.5. The number of ether oxygens (including phenoxy) is 1. The van der Waals surface area contributed by atoms with E-state index in [1.54, 1.807) is 6.07 Å². The van der Waals surface area contributed by atoms with Gasteiger partial charge in [-0.15, -0.1) is 0 Å². The lowest BCUT2D eigenvalue weighted by atomic mass is 9.94. The number of nitrogens with two attached hydrogens (primary N) is 1. The number of hydrogen-bond acceptors (Lipinski definition) is 9. The number of nitrogens with one attached hydrogen (secondary N) is 1. The van der Waals surface area contributed by atoms with Gasteiger partial charge in [0.15, 0.2) is 5.82 Å². The summed E-state index contributed by atoms with van der Waals surface area (Å²) < 4.78 is 31.4. The summed E-state index contributed by atoms with van der Waals surface area (Å²) in [5.74, 6) is -0.780. The van der Waals surface area contributed by atoms with Crippen LogP contribution in [-0.4, -0.2) is 67.1 Å². The molecule has 4 rings (SSSR count). The number of hydrogen-bond donors (Lipinski definition) is 2. The summed E-state index contributed by atoms with van der Waals surface area (Å²) in [4.78, 5) is 26.0. The van der Waals surface area contributed by atoms with E-state index < -0.39 is 15.0 Å². The van der Waals surface area contributed by atoms with E-state index in [4.69, 9.17) is 22.1 Å². The van der Waals surface area contributed by atoms with Gasteiger partial charge in [0.2, 0.25) is 21.7 Å². The molecule has 0 unspecified atom stereocenters. The van der Waals surface area contributed by atoms with Crippen molar-refractivity contribution in [1.29, 1.82) is 0 Å². The molecule has 0 aliphatic carbocycles. The van der Waals surface area contributed by atoms with E-state index in [2.05, 4.69) is 20.3 Å². The summed E-state index contributed by atoms with van der Waals surface area (Å²) in [5.41, 5.74) is 8.28. The molecular weight excluding hydrogens is 480 g/mol. The molecule has 1 amide bonds. The van der Waals surface area contributed by atoms with Crippen molar-refractivity contribution in [3.63, 3.8) is 0 Å². The molecule has 0 bridgehead atoms. The fourth-order valence-corrected chi connectivity index (χ4v) is 5.13. The van der Waals surface area contributed by atoms with Crippen LogP contribution in [-0.2, 0) is 32.6 Å². The van der Waals surface area contributed by atoms with E-state index in [9.17, 15) is 13.2 Å². The first-order valence-electron chi connectivity index (χ1n) is 10.6. The molecule has 12 heteroatoms. The van der Waals surface area contributed by atoms with Gasteiger partial charge in [-0.25, -0.2) is 8.42 Å². The summed E-state index contributed by atoms with van der Waals surface area (Å²) in [6.07, 6.45) is 0.268. The Morgan fingerprint density at radius 1 is 1.21 bits per heavy atom. The minimum atomic E-state index is -3.95. The smallest absolute Gasteiger partial charge is 0.252 e. The lowest BCUT2D eigenvalue weighted by Crippen LogP contribution is -2.31. The topological polar surface area (TPSA) is 140 Å². The summed E-state index contributed by atoms with van der Waals surface area (Å²) in [6.45, 7) is 1.38. The SMILES string of the molecule is CN(C)CCC(=O)NCCS(=O)(=O)c1nc(N)nc(-c2c(Cl)cc3c4c(cccc24)COC3)n1. The number of carbonyl (C=O) groups is 1. The standard InChI is InChI=1S/C22H25ClN6O4S/c1-29(2)8-6-17(30)25-7-9-34(31,32)22-27-20(26-21(24)28-22)19-15-5-3-4-13-11-33-12-14(18(13)15)10-16(19)23/h3-5,10H,6-9,11-12H2,1-2H3,(H,25,30)(H2,24,26,27,28). The number of nitrogens with zero attached hydrogens (tertiary/aromatic N) is 4. The van der Waals surface area contributed by atoms with Crippen LogP contribution in [0.2, 0.25) is 5.02 Å². The summed E-state index contributed by atoms with van der Waals surface area (Å²) in [5, 5.41) is 4.26. The highest BCUT2D eigenvalue weighted by atomic mass is 35.5. The number of nitrogen functional groups attached to an aromatic ring is 1. The predicted octanol–water partition coefficient (Wildman–Crippen LogP) is 1.80. The van der Waals surface area contributed by atoms with Crippen LogP contribution in [0.5, 0.6) is 0 Å². The van der Waals surface area contributed by atoms with Crippen LogP contribution in [0.25, 0.3) is 22.2 Å². The number of rotatable bonds is 8. The molecule has 10 nitrogen and oxygen atoms in total. The third-order valence-corrected chi connectivity index (χ3v) is 7.19. The molecule has 2 heterocycles. The van der Waals surface area contributed by atoms with Gasteiger partial charge in [-0.05, 0) is 42.1 Å². The molecule has 0 fully saturated rings. The molecular formula is C22H25ClN6O4S. The van der Waals surface area contributed by atoms with Crippen LogP contribution in [0.4, 0.5) is 5.95 Å². The van der Waals surface area contributed by atoms with E-state index in [0.29, 0.717) is 30.3 Å². The van der Waals surface area contributed by atoms with Gasteiger partial charge >= 0.3 is 0 Å². The molecule has 34 heavy (non-hydrogen) atoms.